The molecule has 2 N–H and O–H groups in total. The number of ether oxygens (including phenoxy) is 7. The second-order valence-electron chi connectivity index (χ2n) is 37.7. The van der Waals surface area contributed by atoms with Gasteiger partial charge in [0, 0.05) is 67.3 Å². The number of fused-ring (bicyclic) bond motifs is 1. The van der Waals surface area contributed by atoms with Crippen molar-refractivity contribution in [3.05, 3.63) is 242 Å². The molecule has 0 spiro atoms. The van der Waals surface area contributed by atoms with Gasteiger partial charge in [-0.05, 0) is 93.0 Å². The van der Waals surface area contributed by atoms with E-state index < -0.39 is 119 Å². The minimum atomic E-state index is -4.70. The van der Waals surface area contributed by atoms with E-state index in [1.165, 1.54) is 20.8 Å². The number of carbonyl (C=O) groups excluding carboxylic acids is 6. The van der Waals surface area contributed by atoms with Gasteiger partial charge in [0.1, 0.15) is 148 Å². The van der Waals surface area contributed by atoms with E-state index in [1.807, 2.05) is 246 Å². The van der Waals surface area contributed by atoms with Crippen LogP contribution >= 0.6 is 39.1 Å². The Hall–Kier alpha value is -9.03. The molecule has 6 aromatic carbocycles. The first kappa shape index (κ1) is 130. The number of rotatable bonds is 62. The minimum absolute atomic E-state index is 0.000880. The number of benzene rings is 6. The number of phosphoric acid groups is 5. The average molecular weight is 2110 g/mol. The Balaban J connectivity index is 0.000000605. The number of quaternary nitrogens is 5. The third kappa shape index (κ3) is 67.4. The fourth-order valence-corrected chi connectivity index (χ4v) is 14.9. The fourth-order valence-electron chi connectivity index (χ4n) is 10.6. The molecule has 41 nitrogen and oxygen atoms in total. The summed E-state index contributed by atoms with van der Waals surface area (Å²) in [5.41, 5.74) is 4.91. The Labute approximate surface area is 842 Å². The van der Waals surface area contributed by atoms with Gasteiger partial charge in [0.15, 0.2) is 0 Å². The monoisotopic (exact) mass is 2110 g/mol. The molecule has 0 aromatic heterocycles. The number of phosphoric ester groups is 5. The van der Waals surface area contributed by atoms with Gasteiger partial charge in [-0.2, -0.15) is 0 Å². The summed E-state index contributed by atoms with van der Waals surface area (Å²) in [5, 5.41) is 8.18. The Bertz CT molecular complexity index is 5150. The van der Waals surface area contributed by atoms with Crippen molar-refractivity contribution >= 4 is 91.4 Å². The summed E-state index contributed by atoms with van der Waals surface area (Å²) in [5.74, 6) is -3.42. The van der Waals surface area contributed by atoms with E-state index in [0.29, 0.717) is 74.0 Å². The fraction of sp³-hybridized carbons (Fsp3) is 0.485. The lowest BCUT2D eigenvalue weighted by molar-refractivity contribution is -0.870. The number of hydrogen-bond donors (Lipinski definition) is 2. The highest BCUT2D eigenvalue weighted by Gasteiger charge is 2.30. The lowest BCUT2D eigenvalue weighted by Gasteiger charge is -2.31. The molecule has 0 aliphatic heterocycles. The van der Waals surface area contributed by atoms with Crippen molar-refractivity contribution in [1.82, 2.24) is 10.2 Å². The van der Waals surface area contributed by atoms with Crippen molar-refractivity contribution in [3.63, 3.8) is 0 Å². The maximum absolute atomic E-state index is 12.3. The SMILES string of the molecule is C=C(C)C(=O)OCC(CN(C)Cc1ccccc1)OP(=O)([O-])OCC[N+](C)(C)C.C=C(C)C(=O)OCC(CNc1ccc(C)cc1)OP(=O)([O-])OCC[N+](C)(C)C.C=C(C)C(=O)OCC(COc1ccc2ccccc2c1)OP(=O)([O-])OCC[N+](C)(C)C.C=CC(=O)OCC(CNCc1ccccc1)OP(=O)([O-])OCC[N+](C)(C)C.C=CC(=O)OCC(COC(=O)c1ccccc1)OP(=O)([O-])OCC[N+](C)(C)C. The number of carbonyl (C=O) groups is 6. The first-order valence-corrected chi connectivity index (χ1v) is 52.5. The van der Waals surface area contributed by atoms with Crippen LogP contribution in [0.5, 0.6) is 5.75 Å². The lowest BCUT2D eigenvalue weighted by Crippen LogP contribution is -2.38. The van der Waals surface area contributed by atoms with Gasteiger partial charge in [0.2, 0.25) is 0 Å². The number of hydrogen-bond acceptors (Lipinski definition) is 36. The Kier molecular flexibility index (Phi) is 59.0. The molecular formula is C97H149N8O33P5. The quantitative estimate of drug-likeness (QED) is 0.0118. The smallest absolute Gasteiger partial charge is 0.338 e. The topological polar surface area (TPSA) is 487 Å². The van der Waals surface area contributed by atoms with Crippen LogP contribution in [0.3, 0.4) is 0 Å². The summed E-state index contributed by atoms with van der Waals surface area (Å²) >= 11 is 0. The Morgan fingerprint density at radius 3 is 1.10 bits per heavy atom. The molecule has 143 heavy (non-hydrogen) atoms. The average Bonchev–Trinajstić information content (AvgIpc) is 0.838. The van der Waals surface area contributed by atoms with E-state index in [2.05, 4.69) is 43.5 Å². The predicted octanol–water partition coefficient (Wildman–Crippen LogP) is 9.06. The van der Waals surface area contributed by atoms with E-state index in [0.717, 1.165) is 45.3 Å². The van der Waals surface area contributed by atoms with Crippen LogP contribution in [-0.2, 0) is 134 Å². The van der Waals surface area contributed by atoms with Crippen LogP contribution in [0.2, 0.25) is 0 Å². The van der Waals surface area contributed by atoms with Crippen molar-refractivity contribution in [2.75, 3.05) is 250 Å². The molecule has 0 heterocycles. The molecule has 6 rings (SSSR count). The van der Waals surface area contributed by atoms with Crippen molar-refractivity contribution in [2.24, 2.45) is 0 Å². The van der Waals surface area contributed by atoms with E-state index >= 15 is 0 Å². The molecule has 10 atom stereocenters. The van der Waals surface area contributed by atoms with Crippen molar-refractivity contribution < 1.29 is 177 Å². The summed E-state index contributed by atoms with van der Waals surface area (Å²) in [6.45, 7) is 25.3. The van der Waals surface area contributed by atoms with Gasteiger partial charge in [0.25, 0.3) is 39.1 Å². The summed E-state index contributed by atoms with van der Waals surface area (Å²) in [4.78, 5) is 132. The van der Waals surface area contributed by atoms with Crippen LogP contribution in [0, 0.1) is 6.92 Å². The molecule has 0 fully saturated rings. The second-order valence-corrected chi connectivity index (χ2v) is 44.6. The Morgan fingerprint density at radius 1 is 0.385 bits per heavy atom. The highest BCUT2D eigenvalue weighted by atomic mass is 31.2. The van der Waals surface area contributed by atoms with Crippen molar-refractivity contribution in [3.8, 4) is 5.75 Å². The second kappa shape index (κ2) is 64.9. The van der Waals surface area contributed by atoms with Crippen LogP contribution in [0.15, 0.2) is 219 Å². The zero-order valence-corrected chi connectivity index (χ0v) is 90.5. The highest BCUT2D eigenvalue weighted by molar-refractivity contribution is 7.47. The normalized spacial score (nSPS) is 14.8. The van der Waals surface area contributed by atoms with Crippen LogP contribution in [0.4, 0.5) is 5.69 Å². The third-order valence-corrected chi connectivity index (χ3v) is 23.6. The number of likely N-dealkylation sites (N-methyl/N-ethyl adjacent to an activating group) is 6. The molecule has 0 saturated heterocycles. The zero-order chi connectivity index (χ0) is 108. The van der Waals surface area contributed by atoms with E-state index in [1.54, 1.807) is 36.4 Å². The molecule has 0 saturated carbocycles. The summed E-state index contributed by atoms with van der Waals surface area (Å²) in [7, 11) is 7.53. The van der Waals surface area contributed by atoms with Gasteiger partial charge in [-0.25, -0.2) is 28.8 Å². The van der Waals surface area contributed by atoms with Gasteiger partial charge in [0.05, 0.1) is 111 Å². The van der Waals surface area contributed by atoms with Crippen LogP contribution in [0.1, 0.15) is 47.8 Å². The van der Waals surface area contributed by atoms with E-state index in [9.17, 15) is 76.1 Å². The van der Waals surface area contributed by atoms with E-state index in [4.69, 9.17) is 78.4 Å². The largest absolute Gasteiger partial charge is 0.756 e. The molecule has 0 bridgehead atoms. The number of nitrogens with zero attached hydrogens (tertiary/aromatic N) is 6. The molecule has 10 unspecified atom stereocenters. The molecule has 0 radical (unpaired) electrons. The number of aryl methyl sites for hydroxylation is 1. The van der Waals surface area contributed by atoms with Gasteiger partial charge < -0.3 is 136 Å². The summed E-state index contributed by atoms with van der Waals surface area (Å²) in [6.07, 6.45) is -3.18. The highest BCUT2D eigenvalue weighted by Crippen LogP contribution is 2.44. The minimum Gasteiger partial charge on any atom is -0.756 e. The van der Waals surface area contributed by atoms with Gasteiger partial charge in [-0.3, -0.25) is 27.7 Å². The van der Waals surface area contributed by atoms with Crippen LogP contribution < -0.4 is 39.8 Å². The molecule has 6 aromatic rings. The van der Waals surface area contributed by atoms with Crippen LogP contribution in [0.25, 0.3) is 10.8 Å². The van der Waals surface area contributed by atoms with Gasteiger partial charge in [-0.1, -0.05) is 160 Å². The molecule has 0 aliphatic rings. The zero-order valence-electron chi connectivity index (χ0n) is 86.0. The lowest BCUT2D eigenvalue weighted by atomic mass is 10.1. The molecule has 0 amide bonds. The maximum atomic E-state index is 12.3. The first-order chi connectivity index (χ1) is 66.3. The molecule has 800 valence electrons. The van der Waals surface area contributed by atoms with Crippen LogP contribution in [-0.4, -0.2) is 338 Å². The maximum Gasteiger partial charge on any atom is 0.338 e. The van der Waals surface area contributed by atoms with Gasteiger partial charge >= 0.3 is 35.8 Å². The number of anilines is 1. The standard InChI is InChI=1S/C22H30NO7P.C20H33N2O6P.C19H31N2O6P.C18H29N2O6P.C18H26NO8P/c1-17(2)22(24)28-16-21(30-31(25,26)29-13-12-23(3,4)5)15-27-20-11-10-18-8-6-7-9-19(18)14-20;1-17(2)20(23)26-16-19(15-21(3)14-18-10-8-7-9-11-18)28-29(24,25)27-13-12-22(4,5)6;1-15(2)19(22)25-14-18(13-20-17-9-7-16(3)8-10-17)27-28(23,24)26-12-11-21(4,5)6;1-5-18(21)24-15-17(14-19-13-16-9-7-6-8-10-16)26-27(22,23)25-12-11-20(2,3)4;1-5-17(20)24-13-16(14-25-18(21)15-9-7-6-8-10-15)27-28(22,23)26-12-11-19(2,3)4/h6-11,14,21H,1,12-13,15-16H2,2-5H3;7-11,19H,1,12-16H2,2-6H3;7-10,18,20H,1,11-14H2,2-6H3;5-10,17,19H,1,11-15H2,2-4H3;5-10,16H,1,11-14H2,2-4H3. The van der Waals surface area contributed by atoms with Crippen molar-refractivity contribution in [2.45, 2.75) is 71.3 Å². The van der Waals surface area contributed by atoms with E-state index in [-0.39, 0.29) is 108 Å². The Morgan fingerprint density at radius 2 is 0.706 bits per heavy atom. The molecular weight excluding hydrogens is 1960 g/mol. The number of nitrogens with one attached hydrogen (secondary N) is 2. The number of esters is 6. The van der Waals surface area contributed by atoms with Crippen molar-refractivity contribution in [1.29, 1.82) is 0 Å². The predicted molar refractivity (Wildman–Crippen MR) is 533 cm³/mol. The summed E-state index contributed by atoms with van der Waals surface area (Å²) < 4.78 is 149. The molecule has 0 aliphatic carbocycles. The summed E-state index contributed by atoms with van der Waals surface area (Å²) in [6, 6.07) is 48.3. The third-order valence-electron chi connectivity index (χ3n) is 18.4. The van der Waals surface area contributed by atoms with Gasteiger partial charge in [-0.15, -0.1) is 0 Å². The first-order valence-electron chi connectivity index (χ1n) is 45.2. The molecule has 46 heteroatoms.